The van der Waals surface area contributed by atoms with Crippen LogP contribution in [0.3, 0.4) is 0 Å². The third kappa shape index (κ3) is 3.60. The second-order valence-corrected chi connectivity index (χ2v) is 5.04. The number of aliphatic carboxylic acids is 1. The molecular weight excluding hydrogens is 287 g/mol. The maximum absolute atomic E-state index is 13.7. The van der Waals surface area contributed by atoms with E-state index < -0.39 is 12.0 Å². The lowest BCUT2D eigenvalue weighted by atomic mass is 10.1. The van der Waals surface area contributed by atoms with E-state index in [1.54, 1.807) is 6.07 Å². The molecule has 0 bridgehead atoms. The molecular formula is C13H14ClFN2O3. The Hall–Kier alpha value is -1.82. The summed E-state index contributed by atoms with van der Waals surface area (Å²) in [5.74, 6) is -1.49. The van der Waals surface area contributed by atoms with E-state index in [0.717, 1.165) is 0 Å². The summed E-state index contributed by atoms with van der Waals surface area (Å²) in [6.07, 6.45) is 0.480. The van der Waals surface area contributed by atoms with Gasteiger partial charge in [0.1, 0.15) is 5.82 Å². The summed E-state index contributed by atoms with van der Waals surface area (Å²) in [4.78, 5) is 21.8. The van der Waals surface area contributed by atoms with Gasteiger partial charge < -0.3 is 15.7 Å². The van der Waals surface area contributed by atoms with Crippen molar-refractivity contribution in [1.82, 2.24) is 10.6 Å². The van der Waals surface area contributed by atoms with Gasteiger partial charge in [0.25, 0.3) is 0 Å². The normalized spacial score (nSPS) is 20.3. The van der Waals surface area contributed by atoms with Crippen molar-refractivity contribution in [2.45, 2.75) is 24.8 Å². The molecule has 1 aromatic rings. The molecule has 0 spiro atoms. The van der Waals surface area contributed by atoms with Crippen molar-refractivity contribution in [2.24, 2.45) is 0 Å². The number of hydrogen-bond donors (Lipinski definition) is 3. The molecule has 0 radical (unpaired) electrons. The number of carboxylic acid groups (broad SMARTS) is 1. The summed E-state index contributed by atoms with van der Waals surface area (Å²) in [7, 11) is 0. The standard InChI is InChI=1S/C13H14ClFN2O3/c14-8-2-1-3-9(15)12(8)7-6-10(7)17-13(20)16-5-4-11(18)19/h1-3,7,10H,4-6H2,(H,18,19)(H2,16,17,20)/t7-,10-/m1/s1. The Morgan fingerprint density at radius 1 is 1.45 bits per heavy atom. The predicted molar refractivity (Wildman–Crippen MR) is 71.3 cm³/mol. The van der Waals surface area contributed by atoms with E-state index in [0.29, 0.717) is 17.0 Å². The number of urea groups is 1. The van der Waals surface area contributed by atoms with Crippen molar-refractivity contribution >= 4 is 23.6 Å². The van der Waals surface area contributed by atoms with Gasteiger partial charge >= 0.3 is 12.0 Å². The maximum Gasteiger partial charge on any atom is 0.315 e. The first kappa shape index (κ1) is 14.6. The van der Waals surface area contributed by atoms with Gasteiger partial charge in [-0.05, 0) is 18.6 Å². The summed E-state index contributed by atoms with van der Waals surface area (Å²) in [6, 6.07) is 3.86. The molecule has 0 unspecified atom stereocenters. The third-order valence-electron chi connectivity index (χ3n) is 3.10. The molecule has 1 aromatic carbocycles. The molecule has 1 saturated carbocycles. The number of carbonyl (C=O) groups is 2. The Balaban J connectivity index is 1.83. The number of halogens is 2. The highest BCUT2D eigenvalue weighted by Gasteiger charge is 2.42. The fraction of sp³-hybridized carbons (Fsp3) is 0.385. The number of benzene rings is 1. The number of carboxylic acids is 1. The monoisotopic (exact) mass is 300 g/mol. The Labute approximate surface area is 120 Å². The molecule has 0 saturated heterocycles. The van der Waals surface area contributed by atoms with Gasteiger partial charge in [0.05, 0.1) is 6.42 Å². The van der Waals surface area contributed by atoms with Crippen LogP contribution in [0.25, 0.3) is 0 Å². The minimum absolute atomic E-state index is 0.0546. The Kier molecular flexibility index (Phi) is 4.44. The van der Waals surface area contributed by atoms with Crippen LogP contribution in [0.4, 0.5) is 9.18 Å². The van der Waals surface area contributed by atoms with Gasteiger partial charge in [0.15, 0.2) is 0 Å². The quantitative estimate of drug-likeness (QED) is 0.779. The zero-order valence-corrected chi connectivity index (χ0v) is 11.3. The minimum Gasteiger partial charge on any atom is -0.481 e. The zero-order chi connectivity index (χ0) is 14.7. The summed E-state index contributed by atoms with van der Waals surface area (Å²) >= 11 is 5.95. The van der Waals surface area contributed by atoms with Crippen LogP contribution in [0.5, 0.6) is 0 Å². The average molecular weight is 301 g/mol. The van der Waals surface area contributed by atoms with Gasteiger partial charge in [-0.3, -0.25) is 4.79 Å². The van der Waals surface area contributed by atoms with Crippen LogP contribution in [0.1, 0.15) is 24.3 Å². The van der Waals surface area contributed by atoms with E-state index in [1.807, 2.05) is 0 Å². The topological polar surface area (TPSA) is 78.4 Å². The van der Waals surface area contributed by atoms with Crippen LogP contribution in [-0.2, 0) is 4.79 Å². The zero-order valence-electron chi connectivity index (χ0n) is 10.5. The van der Waals surface area contributed by atoms with E-state index in [-0.39, 0.29) is 30.7 Å². The number of amides is 2. The first-order valence-electron chi connectivity index (χ1n) is 6.19. The molecule has 1 fully saturated rings. The molecule has 1 aliphatic carbocycles. The number of nitrogens with one attached hydrogen (secondary N) is 2. The molecule has 2 amide bonds. The van der Waals surface area contributed by atoms with Crippen molar-refractivity contribution in [3.05, 3.63) is 34.6 Å². The van der Waals surface area contributed by atoms with Crippen molar-refractivity contribution < 1.29 is 19.1 Å². The summed E-state index contributed by atoms with van der Waals surface area (Å²) < 4.78 is 13.7. The van der Waals surface area contributed by atoms with Crippen LogP contribution >= 0.6 is 11.6 Å². The Morgan fingerprint density at radius 2 is 2.20 bits per heavy atom. The predicted octanol–water partition coefficient (Wildman–Crippen LogP) is 2.11. The van der Waals surface area contributed by atoms with Crippen molar-refractivity contribution in [3.8, 4) is 0 Å². The highest BCUT2D eigenvalue weighted by Crippen LogP contribution is 2.44. The number of rotatable bonds is 5. The Bertz CT molecular complexity index is 518. The van der Waals surface area contributed by atoms with Gasteiger partial charge in [0.2, 0.25) is 0 Å². The Morgan fingerprint density at radius 3 is 2.85 bits per heavy atom. The van der Waals surface area contributed by atoms with Gasteiger partial charge in [-0.25, -0.2) is 9.18 Å². The van der Waals surface area contributed by atoms with Crippen molar-refractivity contribution in [3.63, 3.8) is 0 Å². The lowest BCUT2D eigenvalue weighted by molar-refractivity contribution is -0.136. The molecule has 0 heterocycles. The molecule has 2 rings (SSSR count). The van der Waals surface area contributed by atoms with E-state index in [4.69, 9.17) is 16.7 Å². The van der Waals surface area contributed by atoms with Crippen molar-refractivity contribution in [2.75, 3.05) is 6.54 Å². The average Bonchev–Trinajstić information content (AvgIpc) is 3.07. The third-order valence-corrected chi connectivity index (χ3v) is 3.43. The van der Waals surface area contributed by atoms with Crippen LogP contribution in [0, 0.1) is 5.82 Å². The fourth-order valence-corrected chi connectivity index (χ4v) is 2.34. The van der Waals surface area contributed by atoms with Crippen LogP contribution in [0.15, 0.2) is 18.2 Å². The smallest absolute Gasteiger partial charge is 0.315 e. The molecule has 5 nitrogen and oxygen atoms in total. The number of carbonyl (C=O) groups excluding carboxylic acids is 1. The van der Waals surface area contributed by atoms with E-state index in [2.05, 4.69) is 10.6 Å². The molecule has 7 heteroatoms. The molecule has 1 aliphatic rings. The first-order valence-corrected chi connectivity index (χ1v) is 6.57. The van der Waals surface area contributed by atoms with E-state index in [9.17, 15) is 14.0 Å². The summed E-state index contributed by atoms with van der Waals surface area (Å²) in [6.45, 7) is 0.0546. The molecule has 3 N–H and O–H groups in total. The molecule has 2 atom stereocenters. The van der Waals surface area contributed by atoms with Crippen LogP contribution in [-0.4, -0.2) is 29.7 Å². The second-order valence-electron chi connectivity index (χ2n) is 4.63. The van der Waals surface area contributed by atoms with Gasteiger partial charge in [-0.2, -0.15) is 0 Å². The lowest BCUT2D eigenvalue weighted by Gasteiger charge is -2.08. The summed E-state index contributed by atoms with van der Waals surface area (Å²) in [5, 5.41) is 13.9. The lowest BCUT2D eigenvalue weighted by Crippen LogP contribution is -2.38. The SMILES string of the molecule is O=C(O)CCNC(=O)N[C@@H]1C[C@H]1c1c(F)cccc1Cl. The molecule has 0 aliphatic heterocycles. The number of hydrogen-bond acceptors (Lipinski definition) is 2. The van der Waals surface area contributed by atoms with E-state index in [1.165, 1.54) is 12.1 Å². The van der Waals surface area contributed by atoms with E-state index >= 15 is 0 Å². The highest BCUT2D eigenvalue weighted by molar-refractivity contribution is 6.31. The van der Waals surface area contributed by atoms with Crippen molar-refractivity contribution in [1.29, 1.82) is 0 Å². The second kappa shape index (κ2) is 6.09. The first-order chi connectivity index (χ1) is 9.49. The molecule has 20 heavy (non-hydrogen) atoms. The minimum atomic E-state index is -0.979. The van der Waals surface area contributed by atoms with Gasteiger partial charge in [0, 0.05) is 29.1 Å². The molecule has 108 valence electrons. The fourth-order valence-electron chi connectivity index (χ4n) is 2.04. The van der Waals surface area contributed by atoms with Gasteiger partial charge in [-0.1, -0.05) is 17.7 Å². The highest BCUT2D eigenvalue weighted by atomic mass is 35.5. The van der Waals surface area contributed by atoms with Gasteiger partial charge in [-0.15, -0.1) is 0 Å². The maximum atomic E-state index is 13.7. The van der Waals surface area contributed by atoms with Crippen LogP contribution in [0.2, 0.25) is 5.02 Å². The summed E-state index contributed by atoms with van der Waals surface area (Å²) in [5.41, 5.74) is 0.421. The largest absolute Gasteiger partial charge is 0.481 e. The molecule has 0 aromatic heterocycles. The van der Waals surface area contributed by atoms with Crippen LogP contribution < -0.4 is 10.6 Å².